The number of carbonyl (C=O) groups excluding carboxylic acids is 1. The van der Waals surface area contributed by atoms with Gasteiger partial charge in [-0.1, -0.05) is 20.3 Å². The molecule has 3 saturated carbocycles. The summed E-state index contributed by atoms with van der Waals surface area (Å²) in [5.41, 5.74) is -0.902. The number of carboxylic acid groups (broad SMARTS) is 1. The average molecular weight is 334 g/mol. The minimum Gasteiger partial charge on any atom is -0.481 e. The first kappa shape index (κ1) is 16.4. The predicted molar refractivity (Wildman–Crippen MR) is 89.3 cm³/mol. The van der Waals surface area contributed by atoms with E-state index in [2.05, 4.69) is 13.8 Å². The fourth-order valence-corrected chi connectivity index (χ4v) is 7.43. The fraction of sp³-hybridized carbons (Fsp3) is 0.900. The average Bonchev–Trinajstić information content (AvgIpc) is 2.44. The van der Waals surface area contributed by atoms with E-state index in [4.69, 9.17) is 4.74 Å². The van der Waals surface area contributed by atoms with Crippen LogP contribution in [0.1, 0.15) is 78.6 Å². The van der Waals surface area contributed by atoms with Crippen LogP contribution in [-0.4, -0.2) is 22.6 Å². The summed E-state index contributed by atoms with van der Waals surface area (Å²) in [6.45, 7) is 6.49. The molecule has 0 unspecified atom stereocenters. The molecule has 0 aromatic carbocycles. The quantitative estimate of drug-likeness (QED) is 0.731. The van der Waals surface area contributed by atoms with Gasteiger partial charge in [-0.25, -0.2) is 0 Å². The van der Waals surface area contributed by atoms with E-state index < -0.39 is 11.4 Å². The highest BCUT2D eigenvalue weighted by molar-refractivity contribution is 5.75. The number of carbonyl (C=O) groups is 2. The summed E-state index contributed by atoms with van der Waals surface area (Å²) < 4.78 is 6.07. The van der Waals surface area contributed by atoms with Crippen LogP contribution in [0.3, 0.4) is 0 Å². The number of carboxylic acids is 1. The maximum Gasteiger partial charge on any atom is 0.309 e. The number of rotatable bonds is 1. The fourth-order valence-electron chi connectivity index (χ4n) is 7.43. The second-order valence-corrected chi connectivity index (χ2v) is 9.97. The Morgan fingerprint density at radius 1 is 1.08 bits per heavy atom. The lowest BCUT2D eigenvalue weighted by Gasteiger charge is -2.66. The van der Waals surface area contributed by atoms with Crippen LogP contribution in [-0.2, 0) is 14.3 Å². The van der Waals surface area contributed by atoms with Crippen molar-refractivity contribution in [3.63, 3.8) is 0 Å². The van der Waals surface area contributed by atoms with Gasteiger partial charge in [0, 0.05) is 5.92 Å². The molecule has 0 radical (unpaired) electrons. The lowest BCUT2D eigenvalue weighted by molar-refractivity contribution is -0.247. The molecule has 2 bridgehead atoms. The van der Waals surface area contributed by atoms with Gasteiger partial charge in [-0.2, -0.15) is 0 Å². The molecular formula is C20H30O4. The van der Waals surface area contributed by atoms with Crippen molar-refractivity contribution in [2.75, 3.05) is 0 Å². The molecule has 3 aliphatic carbocycles. The first-order valence-electron chi connectivity index (χ1n) is 9.59. The van der Waals surface area contributed by atoms with Crippen molar-refractivity contribution in [3.05, 3.63) is 0 Å². The molecule has 4 rings (SSSR count). The van der Waals surface area contributed by atoms with Crippen molar-refractivity contribution in [2.24, 2.45) is 28.1 Å². The molecule has 4 nitrogen and oxygen atoms in total. The van der Waals surface area contributed by atoms with E-state index in [1.54, 1.807) is 0 Å². The molecule has 4 fully saturated rings. The lowest BCUT2D eigenvalue weighted by Crippen LogP contribution is -2.65. The van der Waals surface area contributed by atoms with E-state index in [1.165, 1.54) is 0 Å². The van der Waals surface area contributed by atoms with Gasteiger partial charge >= 0.3 is 11.9 Å². The Morgan fingerprint density at radius 3 is 2.50 bits per heavy atom. The minimum absolute atomic E-state index is 0.0252. The molecule has 24 heavy (non-hydrogen) atoms. The van der Waals surface area contributed by atoms with E-state index in [0.29, 0.717) is 12.3 Å². The van der Waals surface area contributed by atoms with Crippen LogP contribution in [0.25, 0.3) is 0 Å². The molecular weight excluding hydrogens is 304 g/mol. The molecule has 134 valence electrons. The molecule has 1 spiro atoms. The SMILES string of the molecule is C[C@]12CC[C@@H]3[C@](CC[C@H]4[C@@]3(C)CCC[C@]4(C)C(=O)O)(C1)OC(=O)C2. The zero-order valence-electron chi connectivity index (χ0n) is 15.2. The van der Waals surface area contributed by atoms with Crippen molar-refractivity contribution in [1.82, 2.24) is 0 Å². The Bertz CT molecular complexity index is 600. The number of ether oxygens (including phenoxy) is 1. The lowest BCUT2D eigenvalue weighted by atomic mass is 9.41. The largest absolute Gasteiger partial charge is 0.481 e. The molecule has 1 N–H and O–H groups in total. The Kier molecular flexibility index (Phi) is 3.26. The zero-order valence-corrected chi connectivity index (χ0v) is 15.2. The molecule has 0 amide bonds. The molecule has 4 heteroatoms. The van der Waals surface area contributed by atoms with Gasteiger partial charge in [0.15, 0.2) is 0 Å². The highest BCUT2D eigenvalue weighted by atomic mass is 16.6. The number of hydrogen-bond donors (Lipinski definition) is 1. The first-order chi connectivity index (χ1) is 11.1. The van der Waals surface area contributed by atoms with Crippen molar-refractivity contribution in [2.45, 2.75) is 84.2 Å². The Morgan fingerprint density at radius 2 is 1.79 bits per heavy atom. The van der Waals surface area contributed by atoms with Gasteiger partial charge in [-0.15, -0.1) is 0 Å². The van der Waals surface area contributed by atoms with Crippen molar-refractivity contribution >= 4 is 11.9 Å². The molecule has 1 saturated heterocycles. The summed E-state index contributed by atoms with van der Waals surface area (Å²) >= 11 is 0. The van der Waals surface area contributed by atoms with Crippen molar-refractivity contribution in [3.8, 4) is 0 Å². The van der Waals surface area contributed by atoms with Gasteiger partial charge in [0.05, 0.1) is 11.8 Å². The normalized spacial score (nSPS) is 53.5. The summed E-state index contributed by atoms with van der Waals surface area (Å²) in [4.78, 5) is 24.4. The van der Waals surface area contributed by atoms with E-state index in [1.807, 2.05) is 6.92 Å². The maximum atomic E-state index is 12.3. The van der Waals surface area contributed by atoms with Gasteiger partial charge in [-0.3, -0.25) is 9.59 Å². The highest BCUT2D eigenvalue weighted by Gasteiger charge is 2.67. The van der Waals surface area contributed by atoms with Crippen molar-refractivity contribution in [1.29, 1.82) is 0 Å². The van der Waals surface area contributed by atoms with Gasteiger partial charge in [0.2, 0.25) is 0 Å². The van der Waals surface area contributed by atoms with Crippen molar-refractivity contribution < 1.29 is 19.4 Å². The number of esters is 1. The summed E-state index contributed by atoms with van der Waals surface area (Å²) in [5, 5.41) is 9.92. The standard InChI is InChI=1S/C20H30O4/c1-17-9-5-14-18(2)7-4-8-19(3,16(22)23)13(18)6-10-20(14,12-17)24-15(21)11-17/h13-14H,4-12H2,1-3H3,(H,22,23)/t13-,14-,17+,18+,19-,20-/m0/s1. The molecule has 0 aromatic heterocycles. The third-order valence-corrected chi connectivity index (χ3v) is 8.40. The second kappa shape index (κ2) is 4.76. The number of aliphatic carboxylic acids is 1. The van der Waals surface area contributed by atoms with Crippen LogP contribution < -0.4 is 0 Å². The third-order valence-electron chi connectivity index (χ3n) is 8.40. The molecule has 1 aliphatic heterocycles. The highest BCUT2D eigenvalue weighted by Crippen LogP contribution is 2.68. The summed E-state index contributed by atoms with van der Waals surface area (Å²) in [5.74, 6) is -0.167. The summed E-state index contributed by atoms with van der Waals surface area (Å²) in [6.07, 6.45) is 8.21. The minimum atomic E-state index is -0.643. The Balaban J connectivity index is 1.75. The van der Waals surface area contributed by atoms with Crippen LogP contribution in [0.4, 0.5) is 0 Å². The molecule has 0 aromatic rings. The molecule has 4 aliphatic rings. The van der Waals surface area contributed by atoms with Crippen LogP contribution >= 0.6 is 0 Å². The monoisotopic (exact) mass is 334 g/mol. The van der Waals surface area contributed by atoms with E-state index in [9.17, 15) is 14.7 Å². The van der Waals surface area contributed by atoms with Crippen LogP contribution in [0, 0.1) is 28.1 Å². The second-order valence-electron chi connectivity index (χ2n) is 9.97. The number of fused-ring (bicyclic) bond motifs is 3. The van der Waals surface area contributed by atoms with Gasteiger partial charge < -0.3 is 9.84 Å². The third kappa shape index (κ3) is 1.97. The van der Waals surface area contributed by atoms with Gasteiger partial charge in [0.25, 0.3) is 0 Å². The van der Waals surface area contributed by atoms with E-state index in [0.717, 1.165) is 51.4 Å². The molecule has 1 heterocycles. The van der Waals surface area contributed by atoms with Crippen LogP contribution in [0.15, 0.2) is 0 Å². The van der Waals surface area contributed by atoms with Gasteiger partial charge in [-0.05, 0) is 68.6 Å². The zero-order chi connectivity index (χ0) is 17.4. The smallest absolute Gasteiger partial charge is 0.309 e. The molecule has 6 atom stereocenters. The van der Waals surface area contributed by atoms with E-state index in [-0.39, 0.29) is 28.3 Å². The Labute approximate surface area is 144 Å². The van der Waals surface area contributed by atoms with Gasteiger partial charge in [0.1, 0.15) is 5.60 Å². The first-order valence-corrected chi connectivity index (χ1v) is 9.59. The van der Waals surface area contributed by atoms with Crippen LogP contribution in [0.5, 0.6) is 0 Å². The van der Waals surface area contributed by atoms with E-state index >= 15 is 0 Å². The maximum absolute atomic E-state index is 12.3. The summed E-state index contributed by atoms with van der Waals surface area (Å²) in [7, 11) is 0. The van der Waals surface area contributed by atoms with Crippen LogP contribution in [0.2, 0.25) is 0 Å². The Hall–Kier alpha value is -1.06. The topological polar surface area (TPSA) is 63.6 Å². The predicted octanol–water partition coefficient (Wildman–Crippen LogP) is 4.17. The number of hydrogen-bond acceptors (Lipinski definition) is 3. The summed E-state index contributed by atoms with van der Waals surface area (Å²) in [6, 6.07) is 0.